The average molecular weight is 427 g/mol. The van der Waals surface area contributed by atoms with E-state index in [-0.39, 0.29) is 17.1 Å². The Morgan fingerprint density at radius 3 is 2.00 bits per heavy atom. The normalized spacial score (nSPS) is 14.6. The van der Waals surface area contributed by atoms with Gasteiger partial charge in [-0.3, -0.25) is 18.6 Å². The maximum atomic E-state index is 7.75. The molecule has 1 aromatic rings. The van der Waals surface area contributed by atoms with Crippen LogP contribution in [0.15, 0.2) is 54.1 Å². The van der Waals surface area contributed by atoms with E-state index in [4.69, 9.17) is 14.9 Å². The smallest absolute Gasteiger partial charge is 0.653 e. The third-order valence-corrected chi connectivity index (χ3v) is 7.42. The van der Waals surface area contributed by atoms with Crippen molar-refractivity contribution in [3.05, 3.63) is 65.1 Å². The molecule has 0 aliphatic carbocycles. The van der Waals surface area contributed by atoms with Gasteiger partial charge in [-0.05, 0) is 53.7 Å². The minimum absolute atomic E-state index is 0. The van der Waals surface area contributed by atoms with Crippen LogP contribution in [0, 0.1) is 0 Å². The van der Waals surface area contributed by atoms with Crippen LogP contribution in [0.2, 0.25) is 0 Å². The van der Waals surface area contributed by atoms with Crippen LogP contribution in [-0.2, 0) is 26.7 Å². The van der Waals surface area contributed by atoms with Crippen molar-refractivity contribution in [3.8, 4) is 0 Å². The zero-order valence-electron chi connectivity index (χ0n) is 16.9. The summed E-state index contributed by atoms with van der Waals surface area (Å²) in [5, 5.41) is 5.41. The van der Waals surface area contributed by atoms with Gasteiger partial charge >= 0.3 is 17.1 Å². The van der Waals surface area contributed by atoms with Crippen molar-refractivity contribution < 1.29 is 26.7 Å². The summed E-state index contributed by atoms with van der Waals surface area (Å²) in [5.74, 6) is 2.41. The molecule has 146 valence electrons. The summed E-state index contributed by atoms with van der Waals surface area (Å²) in [6.45, 7) is 20.5. The molecule has 0 radical (unpaired) electrons. The molecule has 0 N–H and O–H groups in total. The first-order valence-corrected chi connectivity index (χ1v) is 9.84. The van der Waals surface area contributed by atoms with Crippen LogP contribution in [0.5, 0.6) is 0 Å². The molecular formula is C21H29MnN2O2P+. The second-order valence-corrected chi connectivity index (χ2v) is 11.8. The van der Waals surface area contributed by atoms with E-state index in [0.717, 1.165) is 17.1 Å². The molecule has 1 aromatic heterocycles. The van der Waals surface area contributed by atoms with E-state index in [1.807, 2.05) is 30.5 Å². The minimum atomic E-state index is -0.734. The number of aromatic nitrogens is 1. The predicted octanol–water partition coefficient (Wildman–Crippen LogP) is 5.47. The Labute approximate surface area is 175 Å². The molecule has 0 fully saturated rings. The molecule has 6 heteroatoms. The van der Waals surface area contributed by atoms with Crippen LogP contribution in [0.1, 0.15) is 47.2 Å². The van der Waals surface area contributed by atoms with Gasteiger partial charge in [0.15, 0.2) is 0 Å². The number of hydrogen-bond acceptors (Lipinski definition) is 3. The summed E-state index contributed by atoms with van der Waals surface area (Å²) in [6, 6.07) is 5.94. The number of carbonyl (C=O) groups excluding carboxylic acids is 2. The topological polar surface area (TPSA) is 61.1 Å². The molecule has 27 heavy (non-hydrogen) atoms. The van der Waals surface area contributed by atoms with Gasteiger partial charge in [0.05, 0.1) is 10.3 Å². The van der Waals surface area contributed by atoms with E-state index in [1.165, 1.54) is 0 Å². The number of nitrogens with zero attached hydrogens (tertiary/aromatic N) is 2. The van der Waals surface area contributed by atoms with Gasteiger partial charge in [0.2, 0.25) is 0 Å². The quantitative estimate of drug-likeness (QED) is 0.272. The molecule has 1 aliphatic heterocycles. The molecule has 4 nitrogen and oxygen atoms in total. The predicted molar refractivity (Wildman–Crippen MR) is 114 cm³/mol. The van der Waals surface area contributed by atoms with Crippen molar-refractivity contribution in [1.82, 2.24) is 4.98 Å². The molecule has 2 heterocycles. The van der Waals surface area contributed by atoms with E-state index < -0.39 is 7.92 Å². The van der Waals surface area contributed by atoms with Crippen LogP contribution in [0.4, 0.5) is 0 Å². The second-order valence-electron chi connectivity index (χ2n) is 7.72. The third-order valence-electron chi connectivity index (χ3n) is 3.61. The van der Waals surface area contributed by atoms with Crippen molar-refractivity contribution in [2.45, 2.75) is 51.9 Å². The molecule has 2 rings (SSSR count). The van der Waals surface area contributed by atoms with Crippen LogP contribution >= 0.6 is 7.92 Å². The number of pyridine rings is 1. The van der Waals surface area contributed by atoms with E-state index >= 15 is 0 Å². The summed E-state index contributed by atoms with van der Waals surface area (Å²) in [5.41, 5.74) is 2.94. The standard InChI is InChI=1S/C19H26N2P.2CHO.Mn/c1-18(2,3)22(19(4,5)6)14-15-10-9-12-17(21-15)16-11-7-8-13-20-16;2*1-2;/h7-14H,1-6H3;2*1H;/q3*-1;+3/p+1/b15-14-;;;. The van der Waals surface area contributed by atoms with Crippen LogP contribution in [-0.4, -0.2) is 28.9 Å². The first-order valence-electron chi connectivity index (χ1n) is 8.26. The van der Waals surface area contributed by atoms with Crippen molar-refractivity contribution >= 4 is 27.2 Å². The SMILES string of the molecule is CC(C)(C)[PH+](/C=C1/C=CC=C(c2ccccn2)[N-]1)C(C)(C)C.[CH-]=O.[CH-]=O.[Mn+3]. The Morgan fingerprint density at radius 2 is 1.56 bits per heavy atom. The van der Waals surface area contributed by atoms with Gasteiger partial charge in [-0.15, -0.1) is 11.4 Å². The summed E-state index contributed by atoms with van der Waals surface area (Å²) in [4.78, 5) is 19.9. The summed E-state index contributed by atoms with van der Waals surface area (Å²) >= 11 is 0. The fourth-order valence-electron chi connectivity index (χ4n) is 2.89. The molecule has 0 aromatic carbocycles. The van der Waals surface area contributed by atoms with Crippen LogP contribution < -0.4 is 0 Å². The first kappa shape index (κ1) is 27.7. The van der Waals surface area contributed by atoms with Crippen molar-refractivity contribution in [1.29, 1.82) is 0 Å². The molecule has 0 unspecified atom stereocenters. The number of allylic oxidation sites excluding steroid dienone is 3. The fraction of sp³-hybridized carbons (Fsp3) is 0.381. The molecule has 1 aliphatic rings. The van der Waals surface area contributed by atoms with Gasteiger partial charge in [-0.25, -0.2) is 0 Å². The molecule has 0 saturated heterocycles. The zero-order chi connectivity index (χ0) is 20.4. The Morgan fingerprint density at radius 1 is 1.00 bits per heavy atom. The third kappa shape index (κ3) is 9.28. The maximum Gasteiger partial charge on any atom is 3.00 e. The van der Waals surface area contributed by atoms with Crippen LogP contribution in [0.25, 0.3) is 11.0 Å². The number of hydrogen-bond donors (Lipinski definition) is 0. The molecule has 0 spiro atoms. The fourth-order valence-corrected chi connectivity index (χ4v) is 6.47. The largest absolute Gasteiger partial charge is 3.00 e. The van der Waals surface area contributed by atoms with Gasteiger partial charge in [0, 0.05) is 25.6 Å². The maximum absolute atomic E-state index is 7.75. The van der Waals surface area contributed by atoms with Gasteiger partial charge in [-0.1, -0.05) is 24.3 Å². The monoisotopic (exact) mass is 427 g/mol. The summed E-state index contributed by atoms with van der Waals surface area (Å²) in [7, 11) is -0.734. The van der Waals surface area contributed by atoms with Crippen molar-refractivity contribution in [3.63, 3.8) is 0 Å². The summed E-state index contributed by atoms with van der Waals surface area (Å²) in [6.07, 6.45) is 8.02. The zero-order valence-corrected chi connectivity index (χ0v) is 19.0. The summed E-state index contributed by atoms with van der Waals surface area (Å²) < 4.78 is 0. The number of rotatable bonds is 2. The molecule has 0 saturated carbocycles. The molecule has 0 bridgehead atoms. The van der Waals surface area contributed by atoms with Crippen molar-refractivity contribution in [2.75, 3.05) is 0 Å². The van der Waals surface area contributed by atoms with E-state index in [0.29, 0.717) is 10.3 Å². The van der Waals surface area contributed by atoms with Crippen LogP contribution in [0.3, 0.4) is 0 Å². The van der Waals surface area contributed by atoms with Gasteiger partial charge < -0.3 is 14.9 Å². The molecule has 0 amide bonds. The van der Waals surface area contributed by atoms with Gasteiger partial charge in [0.25, 0.3) is 0 Å². The first-order chi connectivity index (χ1) is 12.2. The van der Waals surface area contributed by atoms with Gasteiger partial charge in [0.1, 0.15) is 0 Å². The average Bonchev–Trinajstić information content (AvgIpc) is 2.62. The molecule has 0 atom stereocenters. The second kappa shape index (κ2) is 12.8. The Bertz CT molecular complexity index is 628. The Kier molecular flexibility index (Phi) is 13.1. The van der Waals surface area contributed by atoms with Gasteiger partial charge in [-0.2, -0.15) is 0 Å². The molecular weight excluding hydrogens is 398 g/mol. The Hall–Kier alpha value is -1.54. The van der Waals surface area contributed by atoms with E-state index in [9.17, 15) is 0 Å². The van der Waals surface area contributed by atoms with E-state index in [2.05, 4.69) is 78.1 Å². The Balaban J connectivity index is 0. The minimum Gasteiger partial charge on any atom is -0.653 e. The van der Waals surface area contributed by atoms with Crippen molar-refractivity contribution in [2.24, 2.45) is 0 Å². The van der Waals surface area contributed by atoms with E-state index in [1.54, 1.807) is 0 Å².